The van der Waals surface area contributed by atoms with Crippen molar-refractivity contribution in [3.63, 3.8) is 0 Å². The second kappa shape index (κ2) is 8.23. The van der Waals surface area contributed by atoms with E-state index >= 15 is 0 Å². The number of amides is 1. The van der Waals surface area contributed by atoms with Gasteiger partial charge in [-0.05, 0) is 56.0 Å². The van der Waals surface area contributed by atoms with E-state index < -0.39 is 10.0 Å². The zero-order valence-electron chi connectivity index (χ0n) is 15.8. The van der Waals surface area contributed by atoms with Crippen molar-refractivity contribution < 1.29 is 13.2 Å². The molecule has 1 N–H and O–H groups in total. The Morgan fingerprint density at radius 3 is 2.30 bits per heavy atom. The van der Waals surface area contributed by atoms with Crippen molar-refractivity contribution in [2.75, 3.05) is 0 Å². The third-order valence-corrected chi connectivity index (χ3v) is 6.43. The number of hydrogen-bond acceptors (Lipinski definition) is 3. The molecule has 0 spiro atoms. The van der Waals surface area contributed by atoms with Gasteiger partial charge >= 0.3 is 0 Å². The van der Waals surface area contributed by atoms with Crippen LogP contribution in [-0.2, 0) is 16.6 Å². The summed E-state index contributed by atoms with van der Waals surface area (Å²) in [5, 5.41) is 0. The maximum Gasteiger partial charge on any atom is 0.254 e. The summed E-state index contributed by atoms with van der Waals surface area (Å²) in [4.78, 5) is 15.0. The molecular weight excluding hydrogens is 360 g/mol. The quantitative estimate of drug-likeness (QED) is 0.754. The van der Waals surface area contributed by atoms with E-state index in [4.69, 9.17) is 0 Å². The lowest BCUT2D eigenvalue weighted by Gasteiger charge is -2.23. The Balaban J connectivity index is 1.76. The molecule has 0 bridgehead atoms. The first kappa shape index (κ1) is 19.6. The Bertz CT molecular complexity index is 875. The fourth-order valence-electron chi connectivity index (χ4n) is 2.89. The van der Waals surface area contributed by atoms with Crippen molar-refractivity contribution in [2.24, 2.45) is 0 Å². The maximum atomic E-state index is 13.0. The fourth-order valence-corrected chi connectivity index (χ4v) is 4.22. The molecule has 144 valence electrons. The number of nitrogens with zero attached hydrogens (tertiary/aromatic N) is 1. The SMILES string of the molecule is CCC(C)NS(=O)(=O)c1ccc(C(=O)N(Cc2ccccc2)C2CC2)cc1. The number of carbonyl (C=O) groups excluding carboxylic acids is 1. The van der Waals surface area contributed by atoms with E-state index in [9.17, 15) is 13.2 Å². The van der Waals surface area contributed by atoms with Crippen LogP contribution in [0.15, 0.2) is 59.5 Å². The molecule has 5 nitrogen and oxygen atoms in total. The summed E-state index contributed by atoms with van der Waals surface area (Å²) in [5.41, 5.74) is 1.61. The van der Waals surface area contributed by atoms with Gasteiger partial charge in [0.25, 0.3) is 5.91 Å². The van der Waals surface area contributed by atoms with Gasteiger partial charge in [-0.3, -0.25) is 4.79 Å². The molecule has 2 aromatic carbocycles. The van der Waals surface area contributed by atoms with Crippen molar-refractivity contribution in [1.29, 1.82) is 0 Å². The highest BCUT2D eigenvalue weighted by atomic mass is 32.2. The van der Waals surface area contributed by atoms with Crippen molar-refractivity contribution in [1.82, 2.24) is 9.62 Å². The number of benzene rings is 2. The fraction of sp³-hybridized carbons (Fsp3) is 0.381. The molecular formula is C21H26N2O3S. The van der Waals surface area contributed by atoms with E-state index in [-0.39, 0.29) is 22.9 Å². The maximum absolute atomic E-state index is 13.0. The Morgan fingerprint density at radius 1 is 1.11 bits per heavy atom. The van der Waals surface area contributed by atoms with Gasteiger partial charge in [0.2, 0.25) is 10.0 Å². The first-order chi connectivity index (χ1) is 12.9. The van der Waals surface area contributed by atoms with Crippen LogP contribution < -0.4 is 4.72 Å². The Kier molecular flexibility index (Phi) is 5.97. The highest BCUT2D eigenvalue weighted by molar-refractivity contribution is 7.89. The third kappa shape index (κ3) is 4.96. The number of nitrogens with one attached hydrogen (secondary N) is 1. The van der Waals surface area contributed by atoms with Crippen molar-refractivity contribution in [3.8, 4) is 0 Å². The average molecular weight is 387 g/mol. The molecule has 1 amide bonds. The van der Waals surface area contributed by atoms with Gasteiger partial charge in [-0.25, -0.2) is 13.1 Å². The number of hydrogen-bond donors (Lipinski definition) is 1. The van der Waals surface area contributed by atoms with Crippen LogP contribution >= 0.6 is 0 Å². The van der Waals surface area contributed by atoms with Crippen LogP contribution in [0.25, 0.3) is 0 Å². The van der Waals surface area contributed by atoms with Gasteiger partial charge in [0, 0.05) is 24.2 Å². The van der Waals surface area contributed by atoms with E-state index in [1.807, 2.05) is 49.1 Å². The molecule has 2 aromatic rings. The Morgan fingerprint density at radius 2 is 1.74 bits per heavy atom. The van der Waals surface area contributed by atoms with Crippen molar-refractivity contribution in [2.45, 2.75) is 56.6 Å². The van der Waals surface area contributed by atoms with E-state index in [2.05, 4.69) is 4.72 Å². The molecule has 0 saturated heterocycles. The molecule has 27 heavy (non-hydrogen) atoms. The van der Waals surface area contributed by atoms with Gasteiger partial charge in [-0.2, -0.15) is 0 Å². The van der Waals surface area contributed by atoms with Gasteiger partial charge in [-0.1, -0.05) is 37.3 Å². The lowest BCUT2D eigenvalue weighted by atomic mass is 10.1. The number of sulfonamides is 1. The Hall–Kier alpha value is -2.18. The smallest absolute Gasteiger partial charge is 0.254 e. The molecule has 0 radical (unpaired) electrons. The average Bonchev–Trinajstić information content (AvgIpc) is 3.51. The monoisotopic (exact) mass is 386 g/mol. The largest absolute Gasteiger partial charge is 0.331 e. The second-order valence-electron chi connectivity index (χ2n) is 7.10. The van der Waals surface area contributed by atoms with Gasteiger partial charge in [0.15, 0.2) is 0 Å². The van der Waals surface area contributed by atoms with Crippen LogP contribution in [0.3, 0.4) is 0 Å². The molecule has 1 fully saturated rings. The molecule has 1 atom stereocenters. The molecule has 1 aliphatic carbocycles. The summed E-state index contributed by atoms with van der Waals surface area (Å²) in [6.07, 6.45) is 2.75. The van der Waals surface area contributed by atoms with E-state index in [0.29, 0.717) is 18.5 Å². The van der Waals surface area contributed by atoms with Gasteiger partial charge in [0.1, 0.15) is 0 Å². The van der Waals surface area contributed by atoms with Crippen LogP contribution in [0.4, 0.5) is 0 Å². The van der Waals surface area contributed by atoms with Crippen LogP contribution in [0.2, 0.25) is 0 Å². The van der Waals surface area contributed by atoms with Gasteiger partial charge < -0.3 is 4.90 Å². The zero-order valence-corrected chi connectivity index (χ0v) is 16.6. The molecule has 0 heterocycles. The molecule has 0 aliphatic heterocycles. The third-order valence-electron chi connectivity index (χ3n) is 4.82. The molecule has 1 unspecified atom stereocenters. The van der Waals surface area contributed by atoms with Crippen molar-refractivity contribution in [3.05, 3.63) is 65.7 Å². The van der Waals surface area contributed by atoms with Crippen LogP contribution in [-0.4, -0.2) is 31.3 Å². The van der Waals surface area contributed by atoms with Crippen LogP contribution in [0.5, 0.6) is 0 Å². The summed E-state index contributed by atoms with van der Waals surface area (Å²) in [5.74, 6) is -0.0554. The minimum absolute atomic E-state index is 0.0554. The summed E-state index contributed by atoms with van der Waals surface area (Å²) < 4.78 is 27.4. The predicted molar refractivity (Wildman–Crippen MR) is 106 cm³/mol. The van der Waals surface area contributed by atoms with Gasteiger partial charge in [0.05, 0.1) is 4.90 Å². The van der Waals surface area contributed by atoms with E-state index in [1.54, 1.807) is 12.1 Å². The van der Waals surface area contributed by atoms with E-state index in [1.165, 1.54) is 12.1 Å². The van der Waals surface area contributed by atoms with Crippen LogP contribution in [0.1, 0.15) is 49.0 Å². The lowest BCUT2D eigenvalue weighted by molar-refractivity contribution is 0.0730. The lowest BCUT2D eigenvalue weighted by Crippen LogP contribution is -2.33. The molecule has 1 aliphatic rings. The highest BCUT2D eigenvalue weighted by Gasteiger charge is 2.33. The summed E-state index contributed by atoms with van der Waals surface area (Å²) >= 11 is 0. The Labute approximate surface area is 161 Å². The molecule has 6 heteroatoms. The first-order valence-electron chi connectivity index (χ1n) is 9.38. The van der Waals surface area contributed by atoms with Crippen molar-refractivity contribution >= 4 is 15.9 Å². The number of rotatable bonds is 8. The minimum Gasteiger partial charge on any atom is -0.331 e. The van der Waals surface area contributed by atoms with Gasteiger partial charge in [-0.15, -0.1) is 0 Å². The van der Waals surface area contributed by atoms with E-state index in [0.717, 1.165) is 18.4 Å². The topological polar surface area (TPSA) is 66.5 Å². The summed E-state index contributed by atoms with van der Waals surface area (Å²) in [6, 6.07) is 16.3. The van der Waals surface area contributed by atoms with Crippen LogP contribution in [0, 0.1) is 0 Å². The summed E-state index contributed by atoms with van der Waals surface area (Å²) in [6.45, 7) is 4.32. The number of carbonyl (C=O) groups is 1. The second-order valence-corrected chi connectivity index (χ2v) is 8.82. The standard InChI is InChI=1S/C21H26N2O3S/c1-3-16(2)22-27(25,26)20-13-9-18(10-14-20)21(24)23(19-11-12-19)15-17-7-5-4-6-8-17/h4-10,13-14,16,19,22H,3,11-12,15H2,1-2H3. The molecule has 0 aromatic heterocycles. The molecule has 3 rings (SSSR count). The minimum atomic E-state index is -3.56. The highest BCUT2D eigenvalue weighted by Crippen LogP contribution is 2.30. The first-order valence-corrected chi connectivity index (χ1v) is 10.9. The summed E-state index contributed by atoms with van der Waals surface area (Å²) in [7, 11) is -3.56. The normalized spacial score (nSPS) is 15.3. The predicted octanol–water partition coefficient (Wildman–Crippen LogP) is 3.57. The zero-order chi connectivity index (χ0) is 19.4. The molecule has 1 saturated carbocycles.